The number of aromatic nitrogens is 2. The minimum atomic E-state index is -0.548. The number of urea groups is 1. The number of carbonyl (C=O) groups is 2. The number of hydrogen-bond donors (Lipinski definition) is 0. The summed E-state index contributed by atoms with van der Waals surface area (Å²) in [6.07, 6.45) is 6.73. The number of rotatable bonds is 4. The first-order valence-electron chi connectivity index (χ1n) is 9.35. The third-order valence-electron chi connectivity index (χ3n) is 5.92. The van der Waals surface area contributed by atoms with E-state index in [2.05, 4.69) is 22.0 Å². The fraction of sp³-hybridized carbons (Fsp3) is 0.667. The highest BCUT2D eigenvalue weighted by molar-refractivity contribution is 6.07. The highest BCUT2D eigenvalue weighted by atomic mass is 16.2. The molecule has 0 N–H and O–H groups in total. The smallest absolute Gasteiger partial charge is 0.327 e. The SMILES string of the molecule is CCCC12CCCN1C(=O)N(C1CCN(c3cccnn3)CC1)C2=O. The van der Waals surface area contributed by atoms with Crippen LogP contribution in [0.4, 0.5) is 10.6 Å². The van der Waals surface area contributed by atoms with Gasteiger partial charge in [-0.1, -0.05) is 13.3 Å². The number of carbonyl (C=O) groups excluding carboxylic acids is 2. The lowest BCUT2D eigenvalue weighted by atomic mass is 9.90. The van der Waals surface area contributed by atoms with Gasteiger partial charge in [0.25, 0.3) is 5.91 Å². The zero-order chi connectivity index (χ0) is 17.4. The lowest BCUT2D eigenvalue weighted by Gasteiger charge is -2.36. The maximum Gasteiger partial charge on any atom is 0.327 e. The van der Waals surface area contributed by atoms with Crippen molar-refractivity contribution < 1.29 is 9.59 Å². The molecule has 4 rings (SSSR count). The summed E-state index contributed by atoms with van der Waals surface area (Å²) >= 11 is 0. The van der Waals surface area contributed by atoms with Crippen LogP contribution in [0, 0.1) is 0 Å². The monoisotopic (exact) mass is 343 g/mol. The Balaban J connectivity index is 1.48. The van der Waals surface area contributed by atoms with Crippen LogP contribution in [0.25, 0.3) is 0 Å². The number of fused-ring (bicyclic) bond motifs is 1. The van der Waals surface area contributed by atoms with Gasteiger partial charge in [-0.3, -0.25) is 9.69 Å². The number of anilines is 1. The quantitative estimate of drug-likeness (QED) is 0.783. The third-order valence-corrected chi connectivity index (χ3v) is 5.92. The fourth-order valence-corrected chi connectivity index (χ4v) is 4.74. The normalized spacial score (nSPS) is 27.3. The Morgan fingerprint density at radius 2 is 2.04 bits per heavy atom. The van der Waals surface area contributed by atoms with Gasteiger partial charge in [-0.05, 0) is 44.2 Å². The van der Waals surface area contributed by atoms with Crippen molar-refractivity contribution in [2.45, 2.75) is 57.0 Å². The minimum absolute atomic E-state index is 0.00672. The van der Waals surface area contributed by atoms with E-state index >= 15 is 0 Å². The third kappa shape index (κ3) is 2.48. The van der Waals surface area contributed by atoms with Crippen molar-refractivity contribution in [3.8, 4) is 0 Å². The van der Waals surface area contributed by atoms with Crippen LogP contribution in [-0.4, -0.2) is 63.2 Å². The Morgan fingerprint density at radius 3 is 2.72 bits per heavy atom. The zero-order valence-electron chi connectivity index (χ0n) is 14.7. The Kier molecular flexibility index (Phi) is 4.09. The van der Waals surface area contributed by atoms with Gasteiger partial charge in [0.05, 0.1) is 0 Å². The molecule has 0 aromatic carbocycles. The molecule has 0 radical (unpaired) electrons. The molecule has 3 fully saturated rings. The number of hydrogen-bond acceptors (Lipinski definition) is 5. The number of nitrogens with zero attached hydrogens (tertiary/aromatic N) is 5. The van der Waals surface area contributed by atoms with E-state index in [1.165, 1.54) is 0 Å². The molecule has 1 atom stereocenters. The average molecular weight is 343 g/mol. The van der Waals surface area contributed by atoms with Crippen LogP contribution in [-0.2, 0) is 4.79 Å². The lowest BCUT2D eigenvalue weighted by molar-refractivity contribution is -0.134. The topological polar surface area (TPSA) is 69.6 Å². The van der Waals surface area contributed by atoms with Crippen molar-refractivity contribution in [2.24, 2.45) is 0 Å². The first kappa shape index (κ1) is 16.3. The predicted molar refractivity (Wildman–Crippen MR) is 93.1 cm³/mol. The second kappa shape index (κ2) is 6.28. The van der Waals surface area contributed by atoms with E-state index in [1.807, 2.05) is 17.0 Å². The predicted octanol–water partition coefficient (Wildman–Crippen LogP) is 2.04. The first-order chi connectivity index (χ1) is 12.2. The van der Waals surface area contributed by atoms with Gasteiger partial charge >= 0.3 is 6.03 Å². The highest BCUT2D eigenvalue weighted by Gasteiger charge is 2.60. The van der Waals surface area contributed by atoms with Gasteiger partial charge in [-0.15, -0.1) is 5.10 Å². The molecule has 1 unspecified atom stereocenters. The first-order valence-corrected chi connectivity index (χ1v) is 9.35. The second-order valence-electron chi connectivity index (χ2n) is 7.29. The molecule has 3 aliphatic rings. The molecular weight excluding hydrogens is 318 g/mol. The number of piperidine rings is 1. The van der Waals surface area contributed by atoms with Gasteiger partial charge in [0.15, 0.2) is 5.82 Å². The van der Waals surface area contributed by atoms with E-state index in [1.54, 1.807) is 11.1 Å². The fourth-order valence-electron chi connectivity index (χ4n) is 4.74. The van der Waals surface area contributed by atoms with Gasteiger partial charge in [0.2, 0.25) is 0 Å². The molecule has 1 aromatic rings. The summed E-state index contributed by atoms with van der Waals surface area (Å²) in [5.74, 6) is 0.915. The van der Waals surface area contributed by atoms with Gasteiger partial charge in [0, 0.05) is 31.9 Å². The summed E-state index contributed by atoms with van der Waals surface area (Å²) in [6.45, 7) is 4.40. The van der Waals surface area contributed by atoms with Crippen molar-refractivity contribution >= 4 is 17.8 Å². The molecule has 3 aliphatic heterocycles. The van der Waals surface area contributed by atoms with Crippen LogP contribution in [0.5, 0.6) is 0 Å². The van der Waals surface area contributed by atoms with Crippen molar-refractivity contribution in [1.82, 2.24) is 20.0 Å². The molecule has 3 saturated heterocycles. The van der Waals surface area contributed by atoms with Crippen LogP contribution >= 0.6 is 0 Å². The Labute approximate surface area is 148 Å². The highest BCUT2D eigenvalue weighted by Crippen LogP contribution is 2.42. The minimum Gasteiger partial charge on any atom is -0.355 e. The summed E-state index contributed by atoms with van der Waals surface area (Å²) in [4.78, 5) is 31.7. The molecule has 4 heterocycles. The van der Waals surface area contributed by atoms with Gasteiger partial charge in [-0.25, -0.2) is 4.79 Å². The molecule has 134 valence electrons. The Hall–Kier alpha value is -2.18. The summed E-state index contributed by atoms with van der Waals surface area (Å²) in [5.41, 5.74) is -0.548. The van der Waals surface area contributed by atoms with E-state index < -0.39 is 5.54 Å². The second-order valence-corrected chi connectivity index (χ2v) is 7.29. The Morgan fingerprint density at radius 1 is 1.24 bits per heavy atom. The van der Waals surface area contributed by atoms with E-state index in [4.69, 9.17) is 0 Å². The van der Waals surface area contributed by atoms with Crippen molar-refractivity contribution in [3.05, 3.63) is 18.3 Å². The van der Waals surface area contributed by atoms with E-state index in [9.17, 15) is 9.59 Å². The largest absolute Gasteiger partial charge is 0.355 e. The van der Waals surface area contributed by atoms with E-state index in [0.29, 0.717) is 0 Å². The summed E-state index contributed by atoms with van der Waals surface area (Å²) < 4.78 is 0. The van der Waals surface area contributed by atoms with Crippen molar-refractivity contribution in [3.63, 3.8) is 0 Å². The molecule has 1 aromatic heterocycles. The van der Waals surface area contributed by atoms with E-state index in [-0.39, 0.29) is 18.0 Å². The average Bonchev–Trinajstić information content (AvgIpc) is 3.15. The maximum atomic E-state index is 13.2. The summed E-state index contributed by atoms with van der Waals surface area (Å²) in [5, 5.41) is 8.09. The molecule has 25 heavy (non-hydrogen) atoms. The molecule has 0 spiro atoms. The van der Waals surface area contributed by atoms with Crippen LogP contribution in [0.15, 0.2) is 18.3 Å². The Bertz CT molecular complexity index is 659. The van der Waals surface area contributed by atoms with Gasteiger partial charge < -0.3 is 9.80 Å². The van der Waals surface area contributed by atoms with Crippen molar-refractivity contribution in [2.75, 3.05) is 24.5 Å². The maximum absolute atomic E-state index is 13.2. The molecule has 0 saturated carbocycles. The lowest BCUT2D eigenvalue weighted by Crippen LogP contribution is -2.49. The summed E-state index contributed by atoms with van der Waals surface area (Å²) in [6, 6.07) is 3.78. The van der Waals surface area contributed by atoms with Crippen LogP contribution in [0.3, 0.4) is 0 Å². The number of imide groups is 1. The van der Waals surface area contributed by atoms with Crippen molar-refractivity contribution in [1.29, 1.82) is 0 Å². The number of amides is 3. The molecular formula is C18H25N5O2. The van der Waals surface area contributed by atoms with E-state index in [0.717, 1.165) is 64.0 Å². The molecule has 7 nitrogen and oxygen atoms in total. The summed E-state index contributed by atoms with van der Waals surface area (Å²) in [7, 11) is 0. The van der Waals surface area contributed by atoms with Crippen LogP contribution in [0.2, 0.25) is 0 Å². The van der Waals surface area contributed by atoms with Crippen LogP contribution in [0.1, 0.15) is 45.4 Å². The zero-order valence-corrected chi connectivity index (χ0v) is 14.7. The molecule has 0 bridgehead atoms. The standard InChI is InChI=1S/C18H25N5O2/c1-2-8-18-9-4-11-22(18)17(25)23(16(18)24)14-6-12-21(13-7-14)15-5-3-10-19-20-15/h3,5,10,14H,2,4,6-9,11-13H2,1H3. The van der Waals surface area contributed by atoms with Gasteiger partial charge in [0.1, 0.15) is 5.54 Å². The molecule has 0 aliphatic carbocycles. The van der Waals surface area contributed by atoms with Gasteiger partial charge in [-0.2, -0.15) is 5.10 Å². The molecule has 3 amide bonds. The molecule has 7 heteroatoms. The van der Waals surface area contributed by atoms with Crippen LogP contribution < -0.4 is 4.90 Å².